The maximum atomic E-state index is 13.5. The van der Waals surface area contributed by atoms with Gasteiger partial charge in [-0.2, -0.15) is 0 Å². The van der Waals surface area contributed by atoms with Gasteiger partial charge in [-0.3, -0.25) is 0 Å². The lowest BCUT2D eigenvalue weighted by atomic mass is 9.99. The lowest BCUT2D eigenvalue weighted by molar-refractivity contribution is 0.584. The van der Waals surface area contributed by atoms with E-state index in [9.17, 15) is 4.39 Å². The van der Waals surface area contributed by atoms with Crippen molar-refractivity contribution in [2.75, 3.05) is 12.8 Å². The highest BCUT2D eigenvalue weighted by Crippen LogP contribution is 2.27. The average molecular weight is 324 g/mol. The Kier molecular flexibility index (Phi) is 6.09. The fourth-order valence-corrected chi connectivity index (χ4v) is 3.14. The average Bonchev–Trinajstić information content (AvgIpc) is 2.50. The molecule has 112 valence electrons. The zero-order valence-corrected chi connectivity index (χ0v) is 13.8. The second-order valence-electron chi connectivity index (χ2n) is 4.76. The van der Waals surface area contributed by atoms with E-state index in [2.05, 4.69) is 36.5 Å². The largest absolute Gasteiger partial charge is 0.313 e. The molecule has 0 aliphatic heterocycles. The van der Waals surface area contributed by atoms with Crippen molar-refractivity contribution in [3.63, 3.8) is 0 Å². The summed E-state index contributed by atoms with van der Waals surface area (Å²) in [5.74, 6) is 0.701. The van der Waals surface area contributed by atoms with Crippen LogP contribution < -0.4 is 5.32 Å². The molecule has 0 saturated heterocycles. The minimum Gasteiger partial charge on any atom is -0.313 e. The molecule has 21 heavy (non-hydrogen) atoms. The molecule has 0 fully saturated rings. The topological polar surface area (TPSA) is 12.0 Å². The number of thioether (sulfide) groups is 1. The fourth-order valence-electron chi connectivity index (χ4n) is 2.28. The molecule has 2 rings (SSSR count). The van der Waals surface area contributed by atoms with Crippen LogP contribution in [0.1, 0.15) is 24.1 Å². The summed E-state index contributed by atoms with van der Waals surface area (Å²) < 4.78 is 13.5. The van der Waals surface area contributed by atoms with Gasteiger partial charge >= 0.3 is 0 Å². The summed E-state index contributed by atoms with van der Waals surface area (Å²) in [6.07, 6.45) is 0.660. The number of likely N-dealkylation sites (N-methyl/N-ethyl adjacent to an activating group) is 1. The normalized spacial score (nSPS) is 12.4. The molecule has 0 spiro atoms. The van der Waals surface area contributed by atoms with E-state index in [-0.39, 0.29) is 16.9 Å². The van der Waals surface area contributed by atoms with E-state index < -0.39 is 0 Å². The second kappa shape index (κ2) is 7.83. The third-order valence-corrected chi connectivity index (χ3v) is 4.71. The summed E-state index contributed by atoms with van der Waals surface area (Å²) in [7, 11) is 1.91. The second-order valence-corrected chi connectivity index (χ2v) is 6.48. The Hall–Kier alpha value is -1.03. The molecule has 0 bridgehead atoms. The van der Waals surface area contributed by atoms with Gasteiger partial charge in [-0.05, 0) is 48.5 Å². The van der Waals surface area contributed by atoms with Gasteiger partial charge in [0.1, 0.15) is 5.82 Å². The van der Waals surface area contributed by atoms with Crippen molar-refractivity contribution in [1.82, 2.24) is 5.32 Å². The van der Waals surface area contributed by atoms with Gasteiger partial charge in [-0.15, -0.1) is 11.8 Å². The predicted octanol–water partition coefficient (Wildman–Crippen LogP) is 5.09. The Morgan fingerprint density at radius 1 is 1.19 bits per heavy atom. The summed E-state index contributed by atoms with van der Waals surface area (Å²) in [4.78, 5) is 1.26. The molecule has 1 atom stereocenters. The van der Waals surface area contributed by atoms with Gasteiger partial charge in [0.2, 0.25) is 0 Å². The van der Waals surface area contributed by atoms with Gasteiger partial charge < -0.3 is 5.32 Å². The third kappa shape index (κ3) is 4.22. The molecular formula is C17H19ClFNS. The standard InChI is InChI=1S/C17H19ClFNS/c1-3-21-14-9-7-12(8-10-14)16(20-2)11-13-5-4-6-15(19)17(13)18/h4-10,16,20H,3,11H2,1-2H3. The molecule has 0 aromatic heterocycles. The quantitative estimate of drug-likeness (QED) is 0.743. The molecule has 0 heterocycles. The van der Waals surface area contributed by atoms with Crippen LogP contribution >= 0.6 is 23.4 Å². The summed E-state index contributed by atoms with van der Waals surface area (Å²) in [6.45, 7) is 2.14. The summed E-state index contributed by atoms with van der Waals surface area (Å²) in [6, 6.07) is 13.6. The van der Waals surface area contributed by atoms with Crippen molar-refractivity contribution in [3.8, 4) is 0 Å². The molecule has 0 aliphatic carbocycles. The molecule has 0 amide bonds. The van der Waals surface area contributed by atoms with Crippen LogP contribution in [0.15, 0.2) is 47.4 Å². The van der Waals surface area contributed by atoms with Gasteiger partial charge in [-0.1, -0.05) is 42.8 Å². The maximum absolute atomic E-state index is 13.5. The van der Waals surface area contributed by atoms with E-state index in [1.807, 2.05) is 24.9 Å². The number of hydrogen-bond donors (Lipinski definition) is 1. The molecule has 1 unspecified atom stereocenters. The Morgan fingerprint density at radius 2 is 1.90 bits per heavy atom. The molecule has 0 aliphatic rings. The minimum absolute atomic E-state index is 0.116. The van der Waals surface area contributed by atoms with Crippen LogP contribution in [0.3, 0.4) is 0 Å². The first-order chi connectivity index (χ1) is 10.2. The van der Waals surface area contributed by atoms with E-state index in [4.69, 9.17) is 11.6 Å². The highest BCUT2D eigenvalue weighted by Gasteiger charge is 2.14. The molecule has 1 nitrogen and oxygen atoms in total. The van der Waals surface area contributed by atoms with Crippen molar-refractivity contribution in [3.05, 3.63) is 64.4 Å². The Balaban J connectivity index is 2.17. The van der Waals surface area contributed by atoms with E-state index in [1.54, 1.807) is 6.07 Å². The summed E-state index contributed by atoms with van der Waals surface area (Å²) in [5, 5.41) is 3.50. The fraction of sp³-hybridized carbons (Fsp3) is 0.294. The highest BCUT2D eigenvalue weighted by atomic mass is 35.5. The van der Waals surface area contributed by atoms with Crippen LogP contribution in [-0.4, -0.2) is 12.8 Å². The Labute approximate surface area is 134 Å². The van der Waals surface area contributed by atoms with Gasteiger partial charge in [0, 0.05) is 10.9 Å². The molecular weight excluding hydrogens is 305 g/mol. The van der Waals surface area contributed by atoms with Crippen molar-refractivity contribution >= 4 is 23.4 Å². The monoisotopic (exact) mass is 323 g/mol. The summed E-state index contributed by atoms with van der Waals surface area (Å²) in [5.41, 5.74) is 2.00. The van der Waals surface area contributed by atoms with Crippen LogP contribution in [0.25, 0.3) is 0 Å². The van der Waals surface area contributed by atoms with Crippen molar-refractivity contribution in [2.24, 2.45) is 0 Å². The van der Waals surface area contributed by atoms with Crippen molar-refractivity contribution < 1.29 is 4.39 Å². The molecule has 0 radical (unpaired) electrons. The van der Waals surface area contributed by atoms with Crippen LogP contribution in [-0.2, 0) is 6.42 Å². The van der Waals surface area contributed by atoms with Crippen LogP contribution in [0.4, 0.5) is 4.39 Å². The smallest absolute Gasteiger partial charge is 0.142 e. The molecule has 4 heteroatoms. The zero-order chi connectivity index (χ0) is 15.2. The first-order valence-corrected chi connectivity index (χ1v) is 8.35. The van der Waals surface area contributed by atoms with E-state index >= 15 is 0 Å². The number of benzene rings is 2. The SMILES string of the molecule is CCSc1ccc(C(Cc2cccc(F)c2Cl)NC)cc1. The molecule has 2 aromatic rings. The van der Waals surface area contributed by atoms with Crippen LogP contribution in [0.5, 0.6) is 0 Å². The Morgan fingerprint density at radius 3 is 2.52 bits per heavy atom. The number of halogens is 2. The maximum Gasteiger partial charge on any atom is 0.142 e. The van der Waals surface area contributed by atoms with Gasteiger partial charge in [0.15, 0.2) is 0 Å². The van der Waals surface area contributed by atoms with Gasteiger partial charge in [-0.25, -0.2) is 4.39 Å². The number of rotatable bonds is 6. The lowest BCUT2D eigenvalue weighted by Crippen LogP contribution is -2.19. The Bertz CT molecular complexity index is 586. The van der Waals surface area contributed by atoms with Crippen LogP contribution in [0, 0.1) is 5.82 Å². The highest BCUT2D eigenvalue weighted by molar-refractivity contribution is 7.99. The molecule has 2 aromatic carbocycles. The lowest BCUT2D eigenvalue weighted by Gasteiger charge is -2.18. The van der Waals surface area contributed by atoms with Crippen LogP contribution in [0.2, 0.25) is 5.02 Å². The van der Waals surface area contributed by atoms with Crippen molar-refractivity contribution in [2.45, 2.75) is 24.3 Å². The van der Waals surface area contributed by atoms with E-state index in [1.165, 1.54) is 16.5 Å². The number of nitrogens with one attached hydrogen (secondary N) is 1. The van der Waals surface area contributed by atoms with Crippen molar-refractivity contribution in [1.29, 1.82) is 0 Å². The minimum atomic E-state index is -0.362. The predicted molar refractivity (Wildman–Crippen MR) is 89.8 cm³/mol. The zero-order valence-electron chi connectivity index (χ0n) is 12.2. The molecule has 1 N–H and O–H groups in total. The summed E-state index contributed by atoms with van der Waals surface area (Å²) >= 11 is 7.86. The van der Waals surface area contributed by atoms with E-state index in [0.717, 1.165) is 11.3 Å². The van der Waals surface area contributed by atoms with E-state index in [0.29, 0.717) is 6.42 Å². The third-order valence-electron chi connectivity index (χ3n) is 3.40. The molecule has 0 saturated carbocycles. The first-order valence-electron chi connectivity index (χ1n) is 6.98. The number of hydrogen-bond acceptors (Lipinski definition) is 2. The van der Waals surface area contributed by atoms with Gasteiger partial charge in [0.25, 0.3) is 0 Å². The van der Waals surface area contributed by atoms with Gasteiger partial charge in [0.05, 0.1) is 5.02 Å². The first kappa shape index (κ1) is 16.3.